The van der Waals surface area contributed by atoms with Gasteiger partial charge in [0.1, 0.15) is 17.8 Å². The number of carbonyl (C=O) groups excluding carboxylic acids is 1. The van der Waals surface area contributed by atoms with Crippen molar-refractivity contribution in [2.75, 3.05) is 52.7 Å². The number of halogens is 2. The van der Waals surface area contributed by atoms with Gasteiger partial charge in [-0.15, -0.1) is 0 Å². The molecule has 0 spiro atoms. The van der Waals surface area contributed by atoms with Crippen molar-refractivity contribution in [1.82, 2.24) is 24.9 Å². The standard InChI is InChI=1S/C22H23F2N9O/c1-14-11-31(22-28-7-16(23)8-29-22)4-5-33(14)20-10-25-18(9-27-20)30-21(34)15-2-3-19(26-6-15)32-12-17(24)13-32/h2-3,6-10,14,17H,4-5,11-13H2,1H3,(H,25,30,34)/t14-/m0/s1. The van der Waals surface area contributed by atoms with Crippen LogP contribution in [0.15, 0.2) is 43.1 Å². The lowest BCUT2D eigenvalue weighted by molar-refractivity contribution is 0.102. The molecule has 10 nitrogen and oxygen atoms in total. The number of nitrogens with zero attached hydrogens (tertiary/aromatic N) is 8. The lowest BCUT2D eigenvalue weighted by Crippen LogP contribution is -2.53. The molecule has 0 saturated carbocycles. The predicted octanol–water partition coefficient (Wildman–Crippen LogP) is 1.93. The van der Waals surface area contributed by atoms with Crippen LogP contribution in [0.5, 0.6) is 0 Å². The van der Waals surface area contributed by atoms with Gasteiger partial charge in [-0.3, -0.25) is 4.79 Å². The van der Waals surface area contributed by atoms with Gasteiger partial charge in [0.15, 0.2) is 11.6 Å². The number of carbonyl (C=O) groups is 1. The Balaban J connectivity index is 1.17. The summed E-state index contributed by atoms with van der Waals surface area (Å²) in [6, 6.07) is 3.45. The number of alkyl halides is 1. The third-order valence-corrected chi connectivity index (χ3v) is 5.86. The maximum absolute atomic E-state index is 13.1. The summed E-state index contributed by atoms with van der Waals surface area (Å²) in [7, 11) is 0. The molecule has 176 valence electrons. The highest BCUT2D eigenvalue weighted by molar-refractivity contribution is 6.03. The number of pyridine rings is 1. The first-order valence-corrected chi connectivity index (χ1v) is 10.9. The molecule has 2 fully saturated rings. The molecule has 2 aliphatic rings. The van der Waals surface area contributed by atoms with Crippen molar-refractivity contribution < 1.29 is 13.6 Å². The Morgan fingerprint density at radius 3 is 2.29 bits per heavy atom. The summed E-state index contributed by atoms with van der Waals surface area (Å²) in [6.45, 7) is 4.68. The van der Waals surface area contributed by atoms with Gasteiger partial charge in [0.25, 0.3) is 5.91 Å². The molecule has 34 heavy (non-hydrogen) atoms. The molecular formula is C22H23F2N9O. The molecule has 0 aromatic carbocycles. The van der Waals surface area contributed by atoms with E-state index in [0.29, 0.717) is 61.7 Å². The average molecular weight is 467 g/mol. The zero-order valence-electron chi connectivity index (χ0n) is 18.5. The van der Waals surface area contributed by atoms with Crippen LogP contribution in [0.3, 0.4) is 0 Å². The van der Waals surface area contributed by atoms with E-state index in [9.17, 15) is 13.6 Å². The summed E-state index contributed by atoms with van der Waals surface area (Å²) >= 11 is 0. The monoisotopic (exact) mass is 467 g/mol. The van der Waals surface area contributed by atoms with Gasteiger partial charge in [-0.2, -0.15) is 0 Å². The highest BCUT2D eigenvalue weighted by Crippen LogP contribution is 2.22. The number of piperazine rings is 1. The van der Waals surface area contributed by atoms with E-state index in [-0.39, 0.29) is 11.9 Å². The molecule has 0 bridgehead atoms. The second kappa shape index (κ2) is 9.12. The molecule has 12 heteroatoms. The second-order valence-corrected chi connectivity index (χ2v) is 8.31. The number of hydrogen-bond donors (Lipinski definition) is 1. The Morgan fingerprint density at radius 2 is 1.68 bits per heavy atom. The minimum atomic E-state index is -0.818. The van der Waals surface area contributed by atoms with Gasteiger partial charge in [0.2, 0.25) is 5.95 Å². The molecule has 0 radical (unpaired) electrons. The summed E-state index contributed by atoms with van der Waals surface area (Å²) in [5.74, 6) is 1.35. The number of anilines is 4. The van der Waals surface area contributed by atoms with E-state index in [1.54, 1.807) is 18.3 Å². The van der Waals surface area contributed by atoms with E-state index in [1.807, 2.05) is 9.80 Å². The molecule has 1 amide bonds. The van der Waals surface area contributed by atoms with E-state index >= 15 is 0 Å². The first kappa shape index (κ1) is 21.9. The Kier molecular flexibility index (Phi) is 5.86. The fourth-order valence-corrected chi connectivity index (χ4v) is 3.99. The quantitative estimate of drug-likeness (QED) is 0.603. The van der Waals surface area contributed by atoms with Crippen molar-refractivity contribution in [3.05, 3.63) is 54.5 Å². The minimum absolute atomic E-state index is 0.0980. The molecule has 1 atom stereocenters. The largest absolute Gasteiger partial charge is 0.351 e. The van der Waals surface area contributed by atoms with Gasteiger partial charge in [0, 0.05) is 31.9 Å². The molecule has 2 saturated heterocycles. The van der Waals surface area contributed by atoms with Crippen molar-refractivity contribution in [2.24, 2.45) is 0 Å². The molecule has 5 rings (SSSR count). The number of aromatic nitrogens is 5. The first-order valence-electron chi connectivity index (χ1n) is 10.9. The third kappa shape index (κ3) is 4.56. The van der Waals surface area contributed by atoms with Gasteiger partial charge >= 0.3 is 0 Å². The number of hydrogen-bond acceptors (Lipinski definition) is 9. The SMILES string of the molecule is C[C@H]1CN(c2ncc(F)cn2)CCN1c1cnc(NC(=O)c2ccc(N3CC(F)C3)nc2)cn1. The van der Waals surface area contributed by atoms with Gasteiger partial charge in [-0.1, -0.05) is 0 Å². The van der Waals surface area contributed by atoms with Crippen LogP contribution in [0.4, 0.5) is 32.2 Å². The Morgan fingerprint density at radius 1 is 0.912 bits per heavy atom. The molecule has 1 N–H and O–H groups in total. The Hall–Kier alpha value is -3.96. The third-order valence-electron chi connectivity index (χ3n) is 5.86. The normalized spacial score (nSPS) is 18.6. The van der Waals surface area contributed by atoms with Crippen molar-refractivity contribution in [2.45, 2.75) is 19.1 Å². The van der Waals surface area contributed by atoms with Gasteiger partial charge in [0.05, 0.1) is 43.4 Å². The molecule has 2 aliphatic heterocycles. The number of rotatable bonds is 5. The van der Waals surface area contributed by atoms with Crippen molar-refractivity contribution >= 4 is 29.3 Å². The topological polar surface area (TPSA) is 103 Å². The summed E-state index contributed by atoms with van der Waals surface area (Å²) in [5.41, 5.74) is 0.375. The predicted molar refractivity (Wildman–Crippen MR) is 122 cm³/mol. The zero-order chi connectivity index (χ0) is 23.7. The minimum Gasteiger partial charge on any atom is -0.351 e. The molecular weight excluding hydrogens is 444 g/mol. The Labute approximate surface area is 194 Å². The Bertz CT molecular complexity index is 1140. The highest BCUT2D eigenvalue weighted by atomic mass is 19.1. The van der Waals surface area contributed by atoms with E-state index in [4.69, 9.17) is 0 Å². The lowest BCUT2D eigenvalue weighted by Gasteiger charge is -2.40. The van der Waals surface area contributed by atoms with Crippen molar-refractivity contribution in [3.63, 3.8) is 0 Å². The summed E-state index contributed by atoms with van der Waals surface area (Å²) in [6.07, 6.45) is 6.10. The maximum atomic E-state index is 13.1. The van der Waals surface area contributed by atoms with Gasteiger partial charge < -0.3 is 20.0 Å². The molecule has 3 aromatic rings. The van der Waals surface area contributed by atoms with Crippen LogP contribution in [0.1, 0.15) is 17.3 Å². The molecule has 0 unspecified atom stereocenters. The van der Waals surface area contributed by atoms with Gasteiger partial charge in [-0.25, -0.2) is 33.7 Å². The maximum Gasteiger partial charge on any atom is 0.258 e. The van der Waals surface area contributed by atoms with E-state index < -0.39 is 12.0 Å². The number of nitrogens with one attached hydrogen (secondary N) is 1. The van der Waals surface area contributed by atoms with E-state index in [0.717, 1.165) is 12.4 Å². The van der Waals surface area contributed by atoms with Crippen LogP contribution < -0.4 is 20.0 Å². The number of amides is 1. The molecule has 5 heterocycles. The zero-order valence-corrected chi connectivity index (χ0v) is 18.5. The van der Waals surface area contributed by atoms with Crippen LogP contribution in [0.2, 0.25) is 0 Å². The summed E-state index contributed by atoms with van der Waals surface area (Å²) < 4.78 is 26.1. The second-order valence-electron chi connectivity index (χ2n) is 8.31. The first-order chi connectivity index (χ1) is 16.5. The highest BCUT2D eigenvalue weighted by Gasteiger charge is 2.28. The van der Waals surface area contributed by atoms with E-state index in [2.05, 4.69) is 42.1 Å². The van der Waals surface area contributed by atoms with Gasteiger partial charge in [-0.05, 0) is 19.1 Å². The smallest absolute Gasteiger partial charge is 0.258 e. The fourth-order valence-electron chi connectivity index (χ4n) is 3.99. The van der Waals surface area contributed by atoms with Crippen LogP contribution >= 0.6 is 0 Å². The van der Waals surface area contributed by atoms with Crippen molar-refractivity contribution in [1.29, 1.82) is 0 Å². The van der Waals surface area contributed by atoms with Crippen LogP contribution in [0, 0.1) is 5.82 Å². The fraction of sp³-hybridized carbons (Fsp3) is 0.364. The molecule has 3 aromatic heterocycles. The van der Waals surface area contributed by atoms with Crippen LogP contribution in [-0.2, 0) is 0 Å². The van der Waals surface area contributed by atoms with Crippen LogP contribution in [-0.4, -0.2) is 75.8 Å². The summed E-state index contributed by atoms with van der Waals surface area (Å²) in [5, 5.41) is 2.72. The average Bonchev–Trinajstić information content (AvgIpc) is 2.83. The lowest BCUT2D eigenvalue weighted by atomic mass is 10.2. The van der Waals surface area contributed by atoms with Crippen LogP contribution in [0.25, 0.3) is 0 Å². The molecule has 0 aliphatic carbocycles. The van der Waals surface area contributed by atoms with Crippen molar-refractivity contribution in [3.8, 4) is 0 Å². The summed E-state index contributed by atoms with van der Waals surface area (Å²) in [4.78, 5) is 39.6. The van der Waals surface area contributed by atoms with E-state index in [1.165, 1.54) is 12.4 Å².